The van der Waals surface area contributed by atoms with Crippen LogP contribution < -0.4 is 15.9 Å². The summed E-state index contributed by atoms with van der Waals surface area (Å²) >= 11 is 0. The summed E-state index contributed by atoms with van der Waals surface area (Å²) in [6.45, 7) is 1.61. The van der Waals surface area contributed by atoms with Crippen molar-refractivity contribution < 1.29 is 9.94 Å². The maximum absolute atomic E-state index is 9.66. The van der Waals surface area contributed by atoms with Gasteiger partial charge in [0.2, 0.25) is 0 Å². The molecular weight excluding hydrogens is 316 g/mol. The Morgan fingerprint density at radius 1 is 1.20 bits per heavy atom. The zero-order valence-corrected chi connectivity index (χ0v) is 13.9. The molecule has 2 unspecified atom stereocenters. The number of β-amino-alcohol motifs (C(OH)–C–C–N with tert-alkyl or cyclic N) is 1. The Labute approximate surface area is 146 Å². The summed E-state index contributed by atoms with van der Waals surface area (Å²) in [5, 5.41) is 12.9. The molecule has 2 heterocycles. The van der Waals surface area contributed by atoms with Gasteiger partial charge in [0.1, 0.15) is 12.1 Å². The van der Waals surface area contributed by atoms with E-state index >= 15 is 0 Å². The van der Waals surface area contributed by atoms with Crippen molar-refractivity contribution in [2.75, 3.05) is 13.2 Å². The first kappa shape index (κ1) is 16.1. The Bertz CT molecular complexity index is 859. The number of imidazole rings is 1. The zero-order chi connectivity index (χ0) is 17.2. The van der Waals surface area contributed by atoms with Crippen LogP contribution in [0, 0.1) is 0 Å². The van der Waals surface area contributed by atoms with E-state index in [0.717, 1.165) is 28.0 Å². The van der Waals surface area contributed by atoms with Gasteiger partial charge in [-0.25, -0.2) is 4.98 Å². The third-order valence-electron chi connectivity index (χ3n) is 4.57. The lowest BCUT2D eigenvalue weighted by Crippen LogP contribution is -2.31. The molecule has 0 amide bonds. The fourth-order valence-corrected chi connectivity index (χ4v) is 3.20. The number of fused-ring (bicyclic) bond motifs is 1. The Morgan fingerprint density at radius 2 is 2.00 bits per heavy atom. The molecule has 4 rings (SSSR count). The average molecular weight is 338 g/mol. The first-order valence-electron chi connectivity index (χ1n) is 8.56. The van der Waals surface area contributed by atoms with Crippen LogP contribution in [0.2, 0.25) is 0 Å². The second-order valence-corrected chi connectivity index (χ2v) is 6.41. The topological polar surface area (TPSA) is 85.3 Å². The van der Waals surface area contributed by atoms with E-state index in [0.29, 0.717) is 26.1 Å². The lowest BCUT2D eigenvalue weighted by atomic mass is 10.1. The van der Waals surface area contributed by atoms with Crippen LogP contribution in [0.25, 0.3) is 22.4 Å². The number of aromatic nitrogens is 2. The number of aliphatic hydroxyl groups is 1. The summed E-state index contributed by atoms with van der Waals surface area (Å²) in [5.74, 6) is 0.767. The summed E-state index contributed by atoms with van der Waals surface area (Å²) in [7, 11) is 0. The van der Waals surface area contributed by atoms with Crippen LogP contribution in [0.3, 0.4) is 0 Å². The van der Waals surface area contributed by atoms with Crippen molar-refractivity contribution in [2.45, 2.75) is 25.1 Å². The minimum Gasteiger partial charge on any atom is -0.410 e. The number of rotatable bonds is 5. The number of benzene rings is 2. The molecule has 0 radical (unpaired) electrons. The molecule has 0 aliphatic carbocycles. The summed E-state index contributed by atoms with van der Waals surface area (Å²) in [4.78, 5) is 10.8. The fraction of sp³-hybridized carbons (Fsp3) is 0.316. The number of nitrogens with one attached hydrogen (secondary N) is 1. The first-order valence-corrected chi connectivity index (χ1v) is 8.56. The lowest BCUT2D eigenvalue weighted by molar-refractivity contribution is 0.102. The van der Waals surface area contributed by atoms with Crippen molar-refractivity contribution in [1.29, 1.82) is 0 Å². The van der Waals surface area contributed by atoms with Gasteiger partial charge in [-0.1, -0.05) is 36.4 Å². The first-order chi connectivity index (χ1) is 12.2. The molecule has 1 fully saturated rings. The SMILES string of the molecule is NCc1ccc(-c2nc3ccccc3n2OCC2CC(O)CN2)cc1. The Balaban J connectivity index is 1.67. The van der Waals surface area contributed by atoms with Crippen LogP contribution in [0.4, 0.5) is 0 Å². The molecule has 2 aromatic carbocycles. The van der Waals surface area contributed by atoms with Gasteiger partial charge in [-0.2, -0.15) is 4.73 Å². The third kappa shape index (κ3) is 3.24. The minimum absolute atomic E-state index is 0.142. The number of para-hydroxylation sites is 2. The van der Waals surface area contributed by atoms with Gasteiger partial charge in [-0.3, -0.25) is 0 Å². The van der Waals surface area contributed by atoms with Crippen molar-refractivity contribution >= 4 is 11.0 Å². The van der Waals surface area contributed by atoms with Gasteiger partial charge in [0.15, 0.2) is 5.82 Å². The molecule has 0 bridgehead atoms. The fourth-order valence-electron chi connectivity index (χ4n) is 3.20. The molecule has 4 N–H and O–H groups in total. The van der Waals surface area contributed by atoms with Crippen LogP contribution in [-0.2, 0) is 6.54 Å². The van der Waals surface area contributed by atoms with E-state index in [4.69, 9.17) is 15.6 Å². The molecule has 6 nitrogen and oxygen atoms in total. The molecule has 25 heavy (non-hydrogen) atoms. The number of nitrogens with two attached hydrogens (primary N) is 1. The van der Waals surface area contributed by atoms with Gasteiger partial charge < -0.3 is 21.0 Å². The van der Waals surface area contributed by atoms with Crippen molar-refractivity contribution in [3.05, 3.63) is 54.1 Å². The smallest absolute Gasteiger partial charge is 0.176 e. The second kappa shape index (κ2) is 6.84. The van der Waals surface area contributed by atoms with E-state index in [1.807, 2.05) is 48.5 Å². The molecule has 0 saturated carbocycles. The zero-order valence-electron chi connectivity index (χ0n) is 13.9. The van der Waals surface area contributed by atoms with Crippen molar-refractivity contribution in [2.24, 2.45) is 5.73 Å². The largest absolute Gasteiger partial charge is 0.410 e. The molecule has 130 valence electrons. The molecule has 2 atom stereocenters. The highest BCUT2D eigenvalue weighted by atomic mass is 16.7. The van der Waals surface area contributed by atoms with E-state index in [9.17, 15) is 5.11 Å². The minimum atomic E-state index is -0.295. The van der Waals surface area contributed by atoms with Crippen molar-refractivity contribution in [1.82, 2.24) is 15.0 Å². The van der Waals surface area contributed by atoms with E-state index < -0.39 is 0 Å². The molecule has 1 aliphatic rings. The van der Waals surface area contributed by atoms with Gasteiger partial charge >= 0.3 is 0 Å². The Kier molecular flexibility index (Phi) is 4.40. The van der Waals surface area contributed by atoms with Gasteiger partial charge in [0.25, 0.3) is 0 Å². The maximum Gasteiger partial charge on any atom is 0.176 e. The summed E-state index contributed by atoms with van der Waals surface area (Å²) in [6, 6.07) is 16.1. The number of hydrogen-bond donors (Lipinski definition) is 3. The average Bonchev–Trinajstić information content (AvgIpc) is 3.23. The Morgan fingerprint density at radius 3 is 2.72 bits per heavy atom. The summed E-state index contributed by atoms with van der Waals surface area (Å²) in [6.07, 6.45) is 0.407. The van der Waals surface area contributed by atoms with Gasteiger partial charge in [-0.05, 0) is 24.1 Å². The highest BCUT2D eigenvalue weighted by Crippen LogP contribution is 2.24. The maximum atomic E-state index is 9.66. The Hall–Kier alpha value is -2.41. The monoisotopic (exact) mass is 338 g/mol. The summed E-state index contributed by atoms with van der Waals surface area (Å²) in [5.41, 5.74) is 9.56. The predicted molar refractivity (Wildman–Crippen MR) is 96.9 cm³/mol. The normalized spacial score (nSPS) is 20.2. The van der Waals surface area contributed by atoms with Crippen LogP contribution in [0.15, 0.2) is 48.5 Å². The van der Waals surface area contributed by atoms with E-state index in [-0.39, 0.29) is 12.1 Å². The number of nitrogens with zero attached hydrogens (tertiary/aromatic N) is 2. The second-order valence-electron chi connectivity index (χ2n) is 6.41. The molecule has 1 saturated heterocycles. The predicted octanol–water partition coefficient (Wildman–Crippen LogP) is 1.31. The molecular formula is C19H22N4O2. The standard InChI is InChI=1S/C19H22N4O2/c20-10-13-5-7-14(8-6-13)19-22-17-3-1-2-4-18(17)23(19)25-12-15-9-16(24)11-21-15/h1-8,15-16,21,24H,9-12,20H2. The molecule has 1 aromatic heterocycles. The van der Waals surface area contributed by atoms with Crippen molar-refractivity contribution in [3.8, 4) is 11.4 Å². The van der Waals surface area contributed by atoms with Gasteiger partial charge in [0.05, 0.1) is 11.6 Å². The van der Waals surface area contributed by atoms with Gasteiger partial charge in [0, 0.05) is 24.7 Å². The number of aliphatic hydroxyl groups excluding tert-OH is 1. The van der Waals surface area contributed by atoms with Crippen LogP contribution in [-0.4, -0.2) is 40.1 Å². The van der Waals surface area contributed by atoms with Crippen LogP contribution in [0.1, 0.15) is 12.0 Å². The number of hydrogen-bond acceptors (Lipinski definition) is 5. The van der Waals surface area contributed by atoms with Crippen LogP contribution in [0.5, 0.6) is 0 Å². The molecule has 6 heteroatoms. The lowest BCUT2D eigenvalue weighted by Gasteiger charge is -2.15. The molecule has 1 aliphatic heterocycles. The van der Waals surface area contributed by atoms with E-state index in [1.54, 1.807) is 4.73 Å². The highest BCUT2D eigenvalue weighted by molar-refractivity contribution is 5.80. The van der Waals surface area contributed by atoms with Gasteiger partial charge in [-0.15, -0.1) is 0 Å². The summed E-state index contributed by atoms with van der Waals surface area (Å²) < 4.78 is 1.79. The van der Waals surface area contributed by atoms with E-state index in [1.165, 1.54) is 0 Å². The van der Waals surface area contributed by atoms with Crippen LogP contribution >= 0.6 is 0 Å². The van der Waals surface area contributed by atoms with E-state index in [2.05, 4.69) is 5.32 Å². The van der Waals surface area contributed by atoms with Crippen molar-refractivity contribution in [3.63, 3.8) is 0 Å². The molecule has 0 spiro atoms. The third-order valence-corrected chi connectivity index (χ3v) is 4.57. The quantitative estimate of drug-likeness (QED) is 0.653. The highest BCUT2D eigenvalue weighted by Gasteiger charge is 2.23. The molecule has 3 aromatic rings.